The van der Waals surface area contributed by atoms with Gasteiger partial charge in [-0.2, -0.15) is 0 Å². The third-order valence-corrected chi connectivity index (χ3v) is 2.77. The van der Waals surface area contributed by atoms with Crippen molar-refractivity contribution in [1.29, 1.82) is 0 Å². The lowest BCUT2D eigenvalue weighted by molar-refractivity contribution is 0.0774. The van der Waals surface area contributed by atoms with Crippen molar-refractivity contribution in [2.24, 2.45) is 0 Å². The summed E-state index contributed by atoms with van der Waals surface area (Å²) in [5, 5.41) is 12.9. The van der Waals surface area contributed by atoms with Crippen LogP contribution in [0.4, 0.5) is 0 Å². The number of benzene rings is 1. The maximum atomic E-state index is 12.1. The van der Waals surface area contributed by atoms with Gasteiger partial charge in [0.15, 0.2) is 11.5 Å². The Bertz CT molecular complexity index is 577. The summed E-state index contributed by atoms with van der Waals surface area (Å²) in [6, 6.07) is 8.26. The predicted octanol–water partition coefficient (Wildman–Crippen LogP) is 1.80. The summed E-state index contributed by atoms with van der Waals surface area (Å²) in [6.07, 6.45) is 0. The molecule has 106 valence electrons. The van der Waals surface area contributed by atoms with E-state index in [1.807, 2.05) is 0 Å². The Morgan fingerprint density at radius 3 is 2.75 bits per heavy atom. The number of rotatable bonds is 5. The normalized spacial score (nSPS) is 10.5. The fourth-order valence-corrected chi connectivity index (χ4v) is 1.77. The van der Waals surface area contributed by atoms with Crippen LogP contribution in [0.1, 0.15) is 21.8 Å². The highest BCUT2D eigenvalue weighted by molar-refractivity contribution is 5.92. The molecule has 0 unspecified atom stereocenters. The number of aromatic nitrogens is 1. The molecular weight excluding hydrogens is 260 g/mol. The number of amides is 1. The first-order chi connectivity index (χ1) is 9.60. The minimum atomic E-state index is -0.232. The van der Waals surface area contributed by atoms with Crippen LogP contribution < -0.4 is 0 Å². The summed E-state index contributed by atoms with van der Waals surface area (Å²) in [7, 11) is 3.22. The quantitative estimate of drug-likeness (QED) is 0.901. The van der Waals surface area contributed by atoms with Crippen LogP contribution in [0.5, 0.6) is 5.75 Å². The maximum Gasteiger partial charge on any atom is 0.276 e. The molecule has 1 heterocycles. The van der Waals surface area contributed by atoms with Crippen LogP contribution in [0, 0.1) is 0 Å². The number of ether oxygens (including phenoxy) is 1. The zero-order valence-electron chi connectivity index (χ0n) is 11.4. The van der Waals surface area contributed by atoms with Crippen molar-refractivity contribution in [3.8, 4) is 5.75 Å². The van der Waals surface area contributed by atoms with Gasteiger partial charge in [-0.1, -0.05) is 17.3 Å². The van der Waals surface area contributed by atoms with Gasteiger partial charge < -0.3 is 19.3 Å². The molecule has 0 aliphatic rings. The lowest BCUT2D eigenvalue weighted by Gasteiger charge is -2.15. The van der Waals surface area contributed by atoms with Crippen molar-refractivity contribution in [1.82, 2.24) is 10.1 Å². The third kappa shape index (κ3) is 3.36. The highest BCUT2D eigenvalue weighted by Gasteiger charge is 2.17. The molecule has 0 saturated carbocycles. The zero-order chi connectivity index (χ0) is 14.5. The van der Waals surface area contributed by atoms with Crippen LogP contribution in [-0.4, -0.2) is 35.2 Å². The molecule has 0 spiro atoms. The Hall–Kier alpha value is -2.34. The lowest BCUT2D eigenvalue weighted by atomic mass is 10.2. The maximum absolute atomic E-state index is 12.1. The smallest absolute Gasteiger partial charge is 0.276 e. The highest BCUT2D eigenvalue weighted by Crippen LogP contribution is 2.13. The number of methoxy groups -OCH3 is 1. The van der Waals surface area contributed by atoms with E-state index in [-0.39, 0.29) is 24.0 Å². The highest BCUT2D eigenvalue weighted by atomic mass is 16.5. The molecule has 1 amide bonds. The van der Waals surface area contributed by atoms with E-state index in [0.717, 1.165) is 5.56 Å². The fraction of sp³-hybridized carbons (Fsp3) is 0.286. The van der Waals surface area contributed by atoms with Crippen LogP contribution in [0.25, 0.3) is 0 Å². The standard InChI is InChI=1S/C14H16N2O4/c1-16(8-10-3-5-11(17)6-4-10)14(18)13-7-12(9-19-2)20-15-13/h3-7,17H,8-9H2,1-2H3. The Morgan fingerprint density at radius 1 is 1.40 bits per heavy atom. The lowest BCUT2D eigenvalue weighted by Crippen LogP contribution is -2.26. The number of carbonyl (C=O) groups excluding carboxylic acids is 1. The summed E-state index contributed by atoms with van der Waals surface area (Å²) in [5.74, 6) is 0.474. The van der Waals surface area contributed by atoms with E-state index in [1.165, 1.54) is 4.90 Å². The first-order valence-corrected chi connectivity index (χ1v) is 6.08. The minimum Gasteiger partial charge on any atom is -0.508 e. The van der Waals surface area contributed by atoms with Gasteiger partial charge in [0, 0.05) is 26.8 Å². The molecule has 0 aliphatic carbocycles. The van der Waals surface area contributed by atoms with E-state index in [0.29, 0.717) is 12.3 Å². The van der Waals surface area contributed by atoms with Crippen molar-refractivity contribution in [3.05, 3.63) is 47.3 Å². The number of hydrogen-bond acceptors (Lipinski definition) is 5. The van der Waals surface area contributed by atoms with Gasteiger partial charge in [0.1, 0.15) is 12.4 Å². The van der Waals surface area contributed by atoms with Gasteiger partial charge in [0.05, 0.1) is 0 Å². The van der Waals surface area contributed by atoms with Gasteiger partial charge in [-0.15, -0.1) is 0 Å². The summed E-state index contributed by atoms with van der Waals surface area (Å²) >= 11 is 0. The average molecular weight is 276 g/mol. The van der Waals surface area contributed by atoms with E-state index in [4.69, 9.17) is 9.26 Å². The van der Waals surface area contributed by atoms with Gasteiger partial charge in [-0.3, -0.25) is 4.79 Å². The Labute approximate surface area is 116 Å². The molecule has 0 radical (unpaired) electrons. The van der Waals surface area contributed by atoms with Crippen LogP contribution in [0.15, 0.2) is 34.9 Å². The number of hydrogen-bond donors (Lipinski definition) is 1. The topological polar surface area (TPSA) is 75.8 Å². The molecule has 1 aromatic carbocycles. The molecule has 0 aliphatic heterocycles. The van der Waals surface area contributed by atoms with Crippen LogP contribution in [-0.2, 0) is 17.9 Å². The van der Waals surface area contributed by atoms with E-state index in [2.05, 4.69) is 5.16 Å². The molecular formula is C14H16N2O4. The number of carbonyl (C=O) groups is 1. The Kier molecular flexibility index (Phi) is 4.37. The van der Waals surface area contributed by atoms with Gasteiger partial charge >= 0.3 is 0 Å². The monoisotopic (exact) mass is 276 g/mol. The van der Waals surface area contributed by atoms with Crippen molar-refractivity contribution in [3.63, 3.8) is 0 Å². The summed E-state index contributed by atoms with van der Waals surface area (Å²) in [4.78, 5) is 13.7. The fourth-order valence-electron chi connectivity index (χ4n) is 1.77. The largest absolute Gasteiger partial charge is 0.508 e. The molecule has 0 bridgehead atoms. The van der Waals surface area contributed by atoms with E-state index in [9.17, 15) is 9.90 Å². The number of phenols is 1. The van der Waals surface area contributed by atoms with Crippen LogP contribution >= 0.6 is 0 Å². The van der Waals surface area contributed by atoms with Gasteiger partial charge in [-0.25, -0.2) is 0 Å². The second-order valence-electron chi connectivity index (χ2n) is 4.44. The van der Waals surface area contributed by atoms with Gasteiger partial charge in [0.2, 0.25) is 0 Å². The molecule has 0 saturated heterocycles. The molecule has 1 N–H and O–H groups in total. The first-order valence-electron chi connectivity index (χ1n) is 6.08. The van der Waals surface area contributed by atoms with E-state index < -0.39 is 0 Å². The molecule has 2 aromatic rings. The predicted molar refractivity (Wildman–Crippen MR) is 71.1 cm³/mol. The van der Waals surface area contributed by atoms with Crippen LogP contribution in [0.2, 0.25) is 0 Å². The van der Waals surface area contributed by atoms with Gasteiger partial charge in [-0.05, 0) is 17.7 Å². The molecule has 20 heavy (non-hydrogen) atoms. The number of nitrogens with zero attached hydrogens (tertiary/aromatic N) is 2. The number of aromatic hydroxyl groups is 1. The summed E-state index contributed by atoms with van der Waals surface area (Å²) in [5.41, 5.74) is 1.16. The first kappa shape index (κ1) is 14.1. The average Bonchev–Trinajstić information content (AvgIpc) is 2.89. The SMILES string of the molecule is COCc1cc(C(=O)N(C)Cc2ccc(O)cc2)no1. The van der Waals surface area contributed by atoms with E-state index >= 15 is 0 Å². The van der Waals surface area contributed by atoms with Gasteiger partial charge in [0.25, 0.3) is 5.91 Å². The summed E-state index contributed by atoms with van der Waals surface area (Å²) in [6.45, 7) is 0.702. The molecule has 6 heteroatoms. The Balaban J connectivity index is 2.02. The number of phenolic OH excluding ortho intramolecular Hbond substituents is 1. The van der Waals surface area contributed by atoms with E-state index in [1.54, 1.807) is 44.5 Å². The van der Waals surface area contributed by atoms with Crippen molar-refractivity contribution >= 4 is 5.91 Å². The molecule has 0 atom stereocenters. The second-order valence-corrected chi connectivity index (χ2v) is 4.44. The molecule has 6 nitrogen and oxygen atoms in total. The zero-order valence-corrected chi connectivity index (χ0v) is 11.4. The summed E-state index contributed by atoms with van der Waals surface area (Å²) < 4.78 is 9.89. The Morgan fingerprint density at radius 2 is 2.10 bits per heavy atom. The minimum absolute atomic E-state index is 0.198. The third-order valence-electron chi connectivity index (χ3n) is 2.77. The van der Waals surface area contributed by atoms with Crippen molar-refractivity contribution in [2.75, 3.05) is 14.2 Å². The van der Waals surface area contributed by atoms with Crippen molar-refractivity contribution in [2.45, 2.75) is 13.2 Å². The van der Waals surface area contributed by atoms with Crippen LogP contribution in [0.3, 0.4) is 0 Å². The molecule has 0 fully saturated rings. The molecule has 1 aromatic heterocycles. The van der Waals surface area contributed by atoms with Crippen molar-refractivity contribution < 1.29 is 19.2 Å². The molecule has 2 rings (SSSR count). The second kappa shape index (κ2) is 6.21.